The lowest BCUT2D eigenvalue weighted by molar-refractivity contribution is -0.145. The van der Waals surface area contributed by atoms with E-state index in [2.05, 4.69) is 10.3 Å². The molecule has 0 saturated heterocycles. The van der Waals surface area contributed by atoms with Gasteiger partial charge in [-0.05, 0) is 12.8 Å². The molecule has 0 spiro atoms. The van der Waals surface area contributed by atoms with E-state index >= 15 is 0 Å². The van der Waals surface area contributed by atoms with Crippen molar-refractivity contribution in [3.05, 3.63) is 41.4 Å². The van der Waals surface area contributed by atoms with Gasteiger partial charge in [-0.25, -0.2) is 4.98 Å². The summed E-state index contributed by atoms with van der Waals surface area (Å²) in [6.07, 6.45) is 5.22. The van der Waals surface area contributed by atoms with E-state index in [1.54, 1.807) is 0 Å². The fraction of sp³-hybridized carbons (Fsp3) is 0.421. The molecule has 3 rings (SSSR count). The van der Waals surface area contributed by atoms with E-state index < -0.39 is 5.97 Å². The second-order valence-corrected chi connectivity index (χ2v) is 7.08. The van der Waals surface area contributed by atoms with E-state index in [9.17, 15) is 9.59 Å². The Hall–Kier alpha value is -2.21. The molecule has 0 aliphatic heterocycles. The Morgan fingerprint density at radius 3 is 2.68 bits per heavy atom. The molecule has 0 bridgehead atoms. The molecule has 1 aliphatic carbocycles. The molecule has 1 amide bonds. The van der Waals surface area contributed by atoms with Gasteiger partial charge >= 0.3 is 5.97 Å². The van der Waals surface area contributed by atoms with Gasteiger partial charge in [0.25, 0.3) is 0 Å². The van der Waals surface area contributed by atoms with Gasteiger partial charge in [-0.15, -0.1) is 11.3 Å². The first-order chi connectivity index (χ1) is 12.2. The highest BCUT2D eigenvalue weighted by Gasteiger charge is 2.21. The minimum atomic E-state index is -0.432. The number of nitrogens with one attached hydrogen (secondary N) is 1. The number of carbonyl (C=O) groups is 2. The van der Waals surface area contributed by atoms with Crippen LogP contribution < -0.4 is 5.32 Å². The van der Waals surface area contributed by atoms with Crippen LogP contribution in [0.4, 0.5) is 0 Å². The number of thiazole rings is 1. The molecule has 1 saturated carbocycles. The predicted octanol–water partition coefficient (Wildman–Crippen LogP) is 3.55. The van der Waals surface area contributed by atoms with E-state index in [1.165, 1.54) is 17.8 Å². The van der Waals surface area contributed by atoms with Crippen molar-refractivity contribution in [1.29, 1.82) is 0 Å². The second kappa shape index (κ2) is 8.76. The molecule has 132 valence electrons. The molecule has 0 atom stereocenters. The van der Waals surface area contributed by atoms with Crippen LogP contribution in [0.2, 0.25) is 0 Å². The summed E-state index contributed by atoms with van der Waals surface area (Å²) in [4.78, 5) is 28.3. The number of aromatic nitrogens is 1. The van der Waals surface area contributed by atoms with Crippen LogP contribution in [0.15, 0.2) is 35.7 Å². The minimum absolute atomic E-state index is 0.0309. The Morgan fingerprint density at radius 1 is 1.16 bits per heavy atom. The lowest BCUT2D eigenvalue weighted by Gasteiger charge is -2.20. The van der Waals surface area contributed by atoms with Gasteiger partial charge in [0.2, 0.25) is 5.91 Å². The van der Waals surface area contributed by atoms with Crippen LogP contribution in [0, 0.1) is 5.92 Å². The lowest BCUT2D eigenvalue weighted by Crippen LogP contribution is -2.36. The third kappa shape index (κ3) is 5.13. The maximum absolute atomic E-state index is 12.0. The second-order valence-electron chi connectivity index (χ2n) is 6.22. The summed E-state index contributed by atoms with van der Waals surface area (Å²) < 4.78 is 5.21. The first-order valence-corrected chi connectivity index (χ1v) is 9.53. The molecule has 1 N–H and O–H groups in total. The Labute approximate surface area is 151 Å². The molecule has 5 nitrogen and oxygen atoms in total. The zero-order valence-corrected chi connectivity index (χ0v) is 14.9. The number of carbonyl (C=O) groups excluding carboxylic acids is 2. The van der Waals surface area contributed by atoms with Crippen molar-refractivity contribution in [2.75, 3.05) is 6.54 Å². The molecule has 1 heterocycles. The monoisotopic (exact) mass is 358 g/mol. The number of hydrogen-bond acceptors (Lipinski definition) is 5. The van der Waals surface area contributed by atoms with Crippen LogP contribution >= 0.6 is 11.3 Å². The summed E-state index contributed by atoms with van der Waals surface area (Å²) >= 11 is 1.52. The number of amides is 1. The molecule has 25 heavy (non-hydrogen) atoms. The number of rotatable bonds is 6. The van der Waals surface area contributed by atoms with E-state index in [0.717, 1.165) is 41.9 Å². The Balaban J connectivity index is 1.42. The van der Waals surface area contributed by atoms with Crippen LogP contribution in [-0.2, 0) is 20.9 Å². The molecule has 1 aliphatic rings. The van der Waals surface area contributed by atoms with E-state index in [4.69, 9.17) is 4.74 Å². The van der Waals surface area contributed by atoms with Gasteiger partial charge in [-0.3, -0.25) is 9.59 Å². The largest absolute Gasteiger partial charge is 0.458 e. The fourth-order valence-electron chi connectivity index (χ4n) is 2.96. The third-order valence-corrected chi connectivity index (χ3v) is 5.28. The van der Waals surface area contributed by atoms with Crippen molar-refractivity contribution >= 4 is 23.2 Å². The summed E-state index contributed by atoms with van der Waals surface area (Å²) in [5.74, 6) is -0.413. The molecule has 1 fully saturated rings. The smallest absolute Gasteiger partial charge is 0.325 e. The Kier molecular flexibility index (Phi) is 6.17. The summed E-state index contributed by atoms with van der Waals surface area (Å²) in [5.41, 5.74) is 1.76. The lowest BCUT2D eigenvalue weighted by atomic mass is 9.89. The highest BCUT2D eigenvalue weighted by Crippen LogP contribution is 2.24. The van der Waals surface area contributed by atoms with E-state index in [-0.39, 0.29) is 25.0 Å². The zero-order valence-electron chi connectivity index (χ0n) is 14.1. The van der Waals surface area contributed by atoms with Crippen LogP contribution in [0.3, 0.4) is 0 Å². The summed E-state index contributed by atoms with van der Waals surface area (Å²) in [6.45, 7) is 0.0481. The maximum atomic E-state index is 12.0. The SMILES string of the molecule is O=C(CNC(=O)C1CCCCC1)OCc1csc(-c2ccccc2)n1. The highest BCUT2D eigenvalue weighted by atomic mass is 32.1. The van der Waals surface area contributed by atoms with Gasteiger partial charge in [0.15, 0.2) is 0 Å². The average molecular weight is 358 g/mol. The van der Waals surface area contributed by atoms with Gasteiger partial charge in [-0.1, -0.05) is 49.6 Å². The topological polar surface area (TPSA) is 68.3 Å². The van der Waals surface area contributed by atoms with Gasteiger partial charge in [-0.2, -0.15) is 0 Å². The van der Waals surface area contributed by atoms with E-state index in [0.29, 0.717) is 0 Å². The first-order valence-electron chi connectivity index (χ1n) is 8.65. The van der Waals surface area contributed by atoms with Crippen LogP contribution in [0.1, 0.15) is 37.8 Å². The predicted molar refractivity (Wildman–Crippen MR) is 96.9 cm³/mol. The molecule has 1 aromatic heterocycles. The van der Waals surface area contributed by atoms with E-state index in [1.807, 2.05) is 35.7 Å². The molecule has 2 aromatic rings. The summed E-state index contributed by atoms with van der Waals surface area (Å²) in [6, 6.07) is 9.88. The maximum Gasteiger partial charge on any atom is 0.325 e. The molecule has 0 unspecified atom stereocenters. The molecule has 6 heteroatoms. The number of esters is 1. The third-order valence-electron chi connectivity index (χ3n) is 4.34. The Morgan fingerprint density at radius 2 is 1.92 bits per heavy atom. The zero-order chi connectivity index (χ0) is 17.5. The molecular weight excluding hydrogens is 336 g/mol. The standard InChI is InChI=1S/C19H22N2O3S/c22-17(11-20-18(23)14-7-3-1-4-8-14)24-12-16-13-25-19(21-16)15-9-5-2-6-10-15/h2,5-6,9-10,13-14H,1,3-4,7-8,11-12H2,(H,20,23). The number of nitrogens with zero attached hydrogens (tertiary/aromatic N) is 1. The van der Waals surface area contributed by atoms with Crippen LogP contribution in [-0.4, -0.2) is 23.4 Å². The van der Waals surface area contributed by atoms with Crippen molar-refractivity contribution in [3.63, 3.8) is 0 Å². The summed E-state index contributed by atoms with van der Waals surface area (Å²) in [5, 5.41) is 5.47. The van der Waals surface area contributed by atoms with Crippen molar-refractivity contribution < 1.29 is 14.3 Å². The van der Waals surface area contributed by atoms with Gasteiger partial charge < -0.3 is 10.1 Å². The van der Waals surface area contributed by atoms with Crippen LogP contribution in [0.5, 0.6) is 0 Å². The average Bonchev–Trinajstić information content (AvgIpc) is 3.15. The quantitative estimate of drug-likeness (QED) is 0.802. The van der Waals surface area contributed by atoms with Crippen LogP contribution in [0.25, 0.3) is 10.6 Å². The van der Waals surface area contributed by atoms with Gasteiger partial charge in [0.05, 0.1) is 5.69 Å². The minimum Gasteiger partial charge on any atom is -0.458 e. The van der Waals surface area contributed by atoms with Gasteiger partial charge in [0.1, 0.15) is 18.2 Å². The molecule has 0 radical (unpaired) electrons. The van der Waals surface area contributed by atoms with Crippen molar-refractivity contribution in [2.24, 2.45) is 5.92 Å². The fourth-order valence-corrected chi connectivity index (χ4v) is 3.77. The highest BCUT2D eigenvalue weighted by molar-refractivity contribution is 7.13. The van der Waals surface area contributed by atoms with Crippen molar-refractivity contribution in [3.8, 4) is 10.6 Å². The number of hydrogen-bond donors (Lipinski definition) is 1. The molecule has 1 aromatic carbocycles. The van der Waals surface area contributed by atoms with Crippen molar-refractivity contribution in [2.45, 2.75) is 38.7 Å². The Bertz CT molecular complexity index is 708. The van der Waals surface area contributed by atoms with Gasteiger partial charge in [0, 0.05) is 16.9 Å². The van der Waals surface area contributed by atoms with Crippen molar-refractivity contribution in [1.82, 2.24) is 10.3 Å². The first kappa shape index (κ1) is 17.6. The summed E-state index contributed by atoms with van der Waals surface area (Å²) in [7, 11) is 0. The number of ether oxygens (including phenoxy) is 1. The molecular formula is C19H22N2O3S. The normalized spacial score (nSPS) is 14.9. The number of benzene rings is 1.